The van der Waals surface area contributed by atoms with Crippen molar-refractivity contribution in [3.05, 3.63) is 45.7 Å². The molecule has 0 saturated heterocycles. The third kappa shape index (κ3) is 5.65. The van der Waals surface area contributed by atoms with E-state index in [0.29, 0.717) is 10.2 Å². The van der Waals surface area contributed by atoms with Crippen molar-refractivity contribution >= 4 is 39.4 Å². The van der Waals surface area contributed by atoms with E-state index < -0.39 is 5.97 Å². The lowest BCUT2D eigenvalue weighted by molar-refractivity contribution is -0.141. The van der Waals surface area contributed by atoms with Gasteiger partial charge in [-0.25, -0.2) is 0 Å². The van der Waals surface area contributed by atoms with Gasteiger partial charge in [0.2, 0.25) is 5.91 Å². The molecule has 0 radical (unpaired) electrons. The van der Waals surface area contributed by atoms with Crippen molar-refractivity contribution in [2.75, 3.05) is 19.0 Å². The van der Waals surface area contributed by atoms with Gasteiger partial charge in [-0.05, 0) is 39.5 Å². The van der Waals surface area contributed by atoms with Gasteiger partial charge in [0.1, 0.15) is 6.54 Å². The second kappa shape index (κ2) is 9.31. The average Bonchev–Trinajstić information content (AvgIpc) is 3.03. The zero-order chi connectivity index (χ0) is 20.0. The van der Waals surface area contributed by atoms with Gasteiger partial charge in [0.05, 0.1) is 23.7 Å². The number of benzene rings is 1. The molecule has 1 aromatic carbocycles. The van der Waals surface area contributed by atoms with Crippen LogP contribution >= 0.6 is 15.9 Å². The number of aromatic nitrogens is 2. The Morgan fingerprint density at radius 1 is 1.22 bits per heavy atom. The van der Waals surface area contributed by atoms with Crippen LogP contribution in [0.4, 0.5) is 5.69 Å². The van der Waals surface area contributed by atoms with Gasteiger partial charge in [-0.15, -0.1) is 0 Å². The number of amides is 2. The van der Waals surface area contributed by atoms with Crippen LogP contribution in [-0.2, 0) is 20.7 Å². The molecule has 144 valence electrons. The number of rotatable bonds is 7. The summed E-state index contributed by atoms with van der Waals surface area (Å²) in [5.41, 5.74) is 2.47. The fraction of sp³-hybridized carbons (Fsp3) is 0.333. The SMILES string of the molecule is COC(=O)CNC(=O)Cc1ccc(NC(=O)c2n[nH]c(C(C)C)c2Br)cc1. The van der Waals surface area contributed by atoms with Gasteiger partial charge in [0.25, 0.3) is 5.91 Å². The van der Waals surface area contributed by atoms with Crippen molar-refractivity contribution < 1.29 is 19.1 Å². The van der Waals surface area contributed by atoms with Gasteiger partial charge >= 0.3 is 5.97 Å². The van der Waals surface area contributed by atoms with Crippen LogP contribution in [0.25, 0.3) is 0 Å². The molecule has 0 aliphatic heterocycles. The zero-order valence-corrected chi connectivity index (χ0v) is 16.8. The molecule has 8 nitrogen and oxygen atoms in total. The van der Waals surface area contributed by atoms with E-state index in [9.17, 15) is 14.4 Å². The van der Waals surface area contributed by atoms with Crippen molar-refractivity contribution in [2.45, 2.75) is 26.2 Å². The minimum Gasteiger partial charge on any atom is -0.468 e. The lowest BCUT2D eigenvalue weighted by Crippen LogP contribution is -2.31. The van der Waals surface area contributed by atoms with Crippen LogP contribution in [0, 0.1) is 0 Å². The number of ether oxygens (including phenoxy) is 1. The maximum Gasteiger partial charge on any atom is 0.325 e. The molecule has 3 N–H and O–H groups in total. The van der Waals surface area contributed by atoms with E-state index in [1.165, 1.54) is 7.11 Å². The van der Waals surface area contributed by atoms with Gasteiger partial charge < -0.3 is 15.4 Å². The normalized spacial score (nSPS) is 10.6. The Morgan fingerprint density at radius 2 is 1.89 bits per heavy atom. The highest BCUT2D eigenvalue weighted by molar-refractivity contribution is 9.10. The zero-order valence-electron chi connectivity index (χ0n) is 15.3. The Morgan fingerprint density at radius 3 is 2.44 bits per heavy atom. The molecular formula is C18H21BrN4O4. The first-order valence-electron chi connectivity index (χ1n) is 8.29. The molecule has 0 atom stereocenters. The lowest BCUT2D eigenvalue weighted by atomic mass is 10.1. The van der Waals surface area contributed by atoms with Gasteiger partial charge in [-0.2, -0.15) is 5.10 Å². The second-order valence-corrected chi connectivity index (χ2v) is 6.93. The molecular weight excluding hydrogens is 416 g/mol. The fourth-order valence-corrected chi connectivity index (χ4v) is 3.08. The molecule has 0 bridgehead atoms. The van der Waals surface area contributed by atoms with Crippen molar-refractivity contribution in [3.8, 4) is 0 Å². The van der Waals surface area contributed by atoms with Crippen molar-refractivity contribution in [2.24, 2.45) is 0 Å². The maximum atomic E-state index is 12.4. The number of anilines is 1. The third-order valence-corrected chi connectivity index (χ3v) is 4.56. The van der Waals surface area contributed by atoms with Crippen LogP contribution < -0.4 is 10.6 Å². The number of halogens is 1. The molecule has 27 heavy (non-hydrogen) atoms. The van der Waals surface area contributed by atoms with E-state index in [2.05, 4.69) is 41.5 Å². The number of carbonyl (C=O) groups excluding carboxylic acids is 3. The summed E-state index contributed by atoms with van der Waals surface area (Å²) in [4.78, 5) is 35.2. The first kappa shape index (κ1) is 20.6. The monoisotopic (exact) mass is 436 g/mol. The van der Waals surface area contributed by atoms with E-state index in [4.69, 9.17) is 0 Å². The third-order valence-electron chi connectivity index (χ3n) is 3.76. The summed E-state index contributed by atoms with van der Waals surface area (Å²) in [6, 6.07) is 6.86. The highest BCUT2D eigenvalue weighted by atomic mass is 79.9. The summed E-state index contributed by atoms with van der Waals surface area (Å²) in [5.74, 6) is -0.933. The van der Waals surface area contributed by atoms with Gasteiger partial charge in [-0.3, -0.25) is 19.5 Å². The Labute approximate surface area is 165 Å². The first-order valence-corrected chi connectivity index (χ1v) is 9.08. The van der Waals surface area contributed by atoms with E-state index >= 15 is 0 Å². The molecule has 2 aromatic rings. The number of esters is 1. The van der Waals surface area contributed by atoms with Crippen LogP contribution in [-0.4, -0.2) is 41.6 Å². The second-order valence-electron chi connectivity index (χ2n) is 6.14. The number of hydrogen-bond donors (Lipinski definition) is 3. The Balaban J connectivity index is 1.94. The number of nitrogens with one attached hydrogen (secondary N) is 3. The van der Waals surface area contributed by atoms with Gasteiger partial charge in [0.15, 0.2) is 5.69 Å². The molecule has 0 saturated carbocycles. The predicted molar refractivity (Wildman–Crippen MR) is 104 cm³/mol. The highest BCUT2D eigenvalue weighted by Gasteiger charge is 2.19. The van der Waals surface area contributed by atoms with E-state index in [1.54, 1.807) is 24.3 Å². The van der Waals surface area contributed by atoms with E-state index in [0.717, 1.165) is 11.3 Å². The Hall–Kier alpha value is -2.68. The molecule has 1 heterocycles. The van der Waals surface area contributed by atoms with Crippen molar-refractivity contribution in [3.63, 3.8) is 0 Å². The Bertz CT molecular complexity index is 830. The standard InChI is InChI=1S/C18H21BrN4O4/c1-10(2)16-15(19)17(23-22-16)18(26)21-12-6-4-11(5-7-12)8-13(24)20-9-14(25)27-3/h4-7,10H,8-9H2,1-3H3,(H,20,24)(H,21,26)(H,22,23). The van der Waals surface area contributed by atoms with Crippen LogP contribution in [0.1, 0.15) is 41.5 Å². The molecule has 2 rings (SSSR count). The molecule has 0 aliphatic carbocycles. The number of hydrogen-bond acceptors (Lipinski definition) is 5. The van der Waals surface area contributed by atoms with Crippen LogP contribution in [0.15, 0.2) is 28.7 Å². The minimum atomic E-state index is -0.508. The number of methoxy groups -OCH3 is 1. The molecule has 0 fully saturated rings. The first-order chi connectivity index (χ1) is 12.8. The predicted octanol–water partition coefficient (Wildman–Crippen LogP) is 2.38. The largest absolute Gasteiger partial charge is 0.468 e. The van der Waals surface area contributed by atoms with E-state index in [-0.39, 0.29) is 36.4 Å². The molecule has 9 heteroatoms. The lowest BCUT2D eigenvalue weighted by Gasteiger charge is -2.07. The quantitative estimate of drug-likeness (QED) is 0.576. The van der Waals surface area contributed by atoms with Crippen LogP contribution in [0.2, 0.25) is 0 Å². The summed E-state index contributed by atoms with van der Waals surface area (Å²) < 4.78 is 5.11. The summed E-state index contributed by atoms with van der Waals surface area (Å²) >= 11 is 3.40. The minimum absolute atomic E-state index is 0.119. The van der Waals surface area contributed by atoms with Crippen LogP contribution in [0.3, 0.4) is 0 Å². The van der Waals surface area contributed by atoms with E-state index in [1.807, 2.05) is 13.8 Å². The maximum absolute atomic E-state index is 12.4. The summed E-state index contributed by atoms with van der Waals surface area (Å²) in [6.07, 6.45) is 0.119. The van der Waals surface area contributed by atoms with Gasteiger partial charge in [-0.1, -0.05) is 26.0 Å². The number of nitrogens with zero attached hydrogens (tertiary/aromatic N) is 1. The summed E-state index contributed by atoms with van der Waals surface area (Å²) in [6.45, 7) is 3.83. The number of carbonyl (C=O) groups is 3. The molecule has 0 unspecified atom stereocenters. The fourth-order valence-electron chi connectivity index (χ4n) is 2.26. The average molecular weight is 437 g/mol. The Kier molecular flexibility index (Phi) is 7.12. The topological polar surface area (TPSA) is 113 Å². The molecule has 0 aliphatic rings. The smallest absolute Gasteiger partial charge is 0.325 e. The number of aromatic amines is 1. The number of H-pyrrole nitrogens is 1. The van der Waals surface area contributed by atoms with Gasteiger partial charge in [0, 0.05) is 5.69 Å². The summed E-state index contributed by atoms with van der Waals surface area (Å²) in [7, 11) is 1.26. The van der Waals surface area contributed by atoms with Crippen molar-refractivity contribution in [1.29, 1.82) is 0 Å². The highest BCUT2D eigenvalue weighted by Crippen LogP contribution is 2.26. The summed E-state index contributed by atoms with van der Waals surface area (Å²) in [5, 5.41) is 12.2. The molecule has 2 amide bonds. The van der Waals surface area contributed by atoms with Crippen molar-refractivity contribution in [1.82, 2.24) is 15.5 Å². The molecule has 1 aromatic heterocycles. The van der Waals surface area contributed by atoms with Crippen LogP contribution in [0.5, 0.6) is 0 Å². The molecule has 0 spiro atoms.